The average Bonchev–Trinajstić information content (AvgIpc) is 2.85. The zero-order chi connectivity index (χ0) is 13.0. The molecule has 6 nitrogen and oxygen atoms in total. The van der Waals surface area contributed by atoms with Crippen molar-refractivity contribution in [1.82, 2.24) is 20.2 Å². The van der Waals surface area contributed by atoms with Crippen LogP contribution in [0.3, 0.4) is 0 Å². The van der Waals surface area contributed by atoms with Crippen LogP contribution in [0.1, 0.15) is 13.3 Å². The van der Waals surface area contributed by atoms with E-state index < -0.39 is 0 Å². The summed E-state index contributed by atoms with van der Waals surface area (Å²) in [5.74, 6) is 0.185. The second-order valence-electron chi connectivity index (χ2n) is 3.53. The summed E-state index contributed by atoms with van der Waals surface area (Å²) in [6.07, 6.45) is 0.726. The molecule has 0 aliphatic heterocycles. The summed E-state index contributed by atoms with van der Waals surface area (Å²) in [6.45, 7) is 1.94. The Hall–Kier alpha value is -2.07. The molecular formula is C11H11N5OS. The van der Waals surface area contributed by atoms with Crippen LogP contribution in [0.4, 0.5) is 0 Å². The second-order valence-corrected chi connectivity index (χ2v) is 4.70. The Morgan fingerprint density at radius 1 is 1.44 bits per heavy atom. The summed E-state index contributed by atoms with van der Waals surface area (Å²) in [6, 6.07) is 8.74. The summed E-state index contributed by atoms with van der Waals surface area (Å²) in [4.78, 5) is 0. The molecule has 0 saturated heterocycles. The first-order valence-electron chi connectivity index (χ1n) is 5.38. The number of aromatic nitrogens is 4. The third kappa shape index (κ3) is 2.60. The molecule has 7 heteroatoms. The molecule has 2 rings (SSSR count). The Morgan fingerprint density at radius 3 is 2.78 bits per heavy atom. The third-order valence-electron chi connectivity index (χ3n) is 2.30. The molecule has 0 amide bonds. The van der Waals surface area contributed by atoms with Gasteiger partial charge in [0.15, 0.2) is 0 Å². The first-order chi connectivity index (χ1) is 8.74. The predicted octanol–water partition coefficient (Wildman–Crippen LogP) is 1.76. The van der Waals surface area contributed by atoms with Crippen LogP contribution in [-0.2, 0) is 0 Å². The molecule has 2 aromatic rings. The summed E-state index contributed by atoms with van der Waals surface area (Å²) in [5.41, 5.74) is 0.744. The van der Waals surface area contributed by atoms with Gasteiger partial charge >= 0.3 is 0 Å². The average molecular weight is 261 g/mol. The van der Waals surface area contributed by atoms with Gasteiger partial charge in [0.25, 0.3) is 0 Å². The van der Waals surface area contributed by atoms with Crippen LogP contribution in [-0.4, -0.2) is 30.6 Å². The van der Waals surface area contributed by atoms with Gasteiger partial charge in [-0.25, -0.2) is 0 Å². The number of benzene rings is 1. The Labute approximate surface area is 108 Å². The van der Waals surface area contributed by atoms with Gasteiger partial charge in [0.2, 0.25) is 5.16 Å². The Balaban J connectivity index is 2.28. The molecule has 1 unspecified atom stereocenters. The lowest BCUT2D eigenvalue weighted by Crippen LogP contribution is -2.03. The van der Waals surface area contributed by atoms with Crippen molar-refractivity contribution in [1.29, 1.82) is 5.26 Å². The number of phenols is 1. The van der Waals surface area contributed by atoms with Crippen LogP contribution in [0.2, 0.25) is 0 Å². The van der Waals surface area contributed by atoms with Crippen molar-refractivity contribution in [3.63, 3.8) is 0 Å². The molecule has 1 atom stereocenters. The minimum atomic E-state index is -0.174. The molecule has 0 fully saturated rings. The van der Waals surface area contributed by atoms with E-state index in [9.17, 15) is 5.11 Å². The predicted molar refractivity (Wildman–Crippen MR) is 66.4 cm³/mol. The number of tetrazole rings is 1. The SMILES string of the molecule is CCC(C#N)Sc1nnnn1-c1ccc(O)cc1. The minimum Gasteiger partial charge on any atom is -0.508 e. The van der Waals surface area contributed by atoms with E-state index in [4.69, 9.17) is 5.26 Å². The largest absolute Gasteiger partial charge is 0.508 e. The lowest BCUT2D eigenvalue weighted by Gasteiger charge is -2.06. The molecule has 0 saturated carbocycles. The molecule has 0 aliphatic rings. The molecular weight excluding hydrogens is 250 g/mol. The zero-order valence-corrected chi connectivity index (χ0v) is 10.5. The molecule has 1 N–H and O–H groups in total. The highest BCUT2D eigenvalue weighted by Crippen LogP contribution is 2.24. The van der Waals surface area contributed by atoms with E-state index in [0.29, 0.717) is 5.16 Å². The molecule has 1 aromatic heterocycles. The fraction of sp³-hybridized carbons (Fsp3) is 0.273. The molecule has 0 spiro atoms. The van der Waals surface area contributed by atoms with Gasteiger partial charge in [-0.15, -0.1) is 5.10 Å². The highest BCUT2D eigenvalue weighted by atomic mass is 32.2. The topological polar surface area (TPSA) is 87.6 Å². The maximum absolute atomic E-state index is 9.24. The Morgan fingerprint density at radius 2 is 2.17 bits per heavy atom. The number of thioether (sulfide) groups is 1. The van der Waals surface area contributed by atoms with E-state index >= 15 is 0 Å². The number of hydrogen-bond acceptors (Lipinski definition) is 6. The lowest BCUT2D eigenvalue weighted by atomic mass is 10.3. The molecule has 0 radical (unpaired) electrons. The zero-order valence-electron chi connectivity index (χ0n) is 9.69. The van der Waals surface area contributed by atoms with Crippen molar-refractivity contribution in [3.05, 3.63) is 24.3 Å². The molecule has 1 heterocycles. The highest BCUT2D eigenvalue weighted by molar-refractivity contribution is 8.00. The summed E-state index contributed by atoms with van der Waals surface area (Å²) in [7, 11) is 0. The maximum atomic E-state index is 9.24. The molecule has 18 heavy (non-hydrogen) atoms. The van der Waals surface area contributed by atoms with E-state index in [0.717, 1.165) is 12.1 Å². The van der Waals surface area contributed by atoms with Gasteiger partial charge in [-0.05, 0) is 41.1 Å². The van der Waals surface area contributed by atoms with Crippen molar-refractivity contribution in [3.8, 4) is 17.5 Å². The quantitative estimate of drug-likeness (QED) is 0.844. The summed E-state index contributed by atoms with van der Waals surface area (Å²) in [5, 5.41) is 30.0. The first kappa shape index (κ1) is 12.4. The number of aromatic hydroxyl groups is 1. The van der Waals surface area contributed by atoms with E-state index in [1.54, 1.807) is 28.9 Å². The lowest BCUT2D eigenvalue weighted by molar-refractivity contribution is 0.475. The smallest absolute Gasteiger partial charge is 0.215 e. The van der Waals surface area contributed by atoms with Gasteiger partial charge in [0.1, 0.15) is 5.75 Å². The number of rotatable bonds is 4. The number of nitrogens with zero attached hydrogens (tertiary/aromatic N) is 5. The van der Waals surface area contributed by atoms with Gasteiger partial charge in [-0.1, -0.05) is 18.7 Å². The second kappa shape index (κ2) is 5.51. The monoisotopic (exact) mass is 261 g/mol. The molecule has 0 aliphatic carbocycles. The van der Waals surface area contributed by atoms with Gasteiger partial charge < -0.3 is 5.11 Å². The van der Waals surface area contributed by atoms with Crippen molar-refractivity contribution >= 4 is 11.8 Å². The summed E-state index contributed by atoms with van der Waals surface area (Å²) < 4.78 is 1.55. The van der Waals surface area contributed by atoms with E-state index in [2.05, 4.69) is 21.6 Å². The van der Waals surface area contributed by atoms with Crippen LogP contribution < -0.4 is 0 Å². The normalized spacial score (nSPS) is 12.0. The number of hydrogen-bond donors (Lipinski definition) is 1. The molecule has 0 bridgehead atoms. The molecule has 1 aromatic carbocycles. The van der Waals surface area contributed by atoms with E-state index in [-0.39, 0.29) is 11.0 Å². The number of nitriles is 1. The van der Waals surface area contributed by atoms with Crippen molar-refractivity contribution in [2.24, 2.45) is 0 Å². The molecule has 92 valence electrons. The standard InChI is InChI=1S/C11H11N5OS/c1-2-10(7-12)18-11-13-14-15-16(11)8-3-5-9(17)6-4-8/h3-6,10,17H,2H2,1H3. The van der Waals surface area contributed by atoms with Gasteiger partial charge in [0, 0.05) is 0 Å². The fourth-order valence-corrected chi connectivity index (χ4v) is 2.14. The van der Waals surface area contributed by atoms with Gasteiger partial charge in [-0.2, -0.15) is 9.94 Å². The van der Waals surface area contributed by atoms with Gasteiger partial charge in [-0.3, -0.25) is 0 Å². The highest BCUT2D eigenvalue weighted by Gasteiger charge is 2.14. The van der Waals surface area contributed by atoms with Crippen LogP contribution >= 0.6 is 11.8 Å². The third-order valence-corrected chi connectivity index (χ3v) is 3.49. The Bertz CT molecular complexity index is 560. The van der Waals surface area contributed by atoms with Gasteiger partial charge in [0.05, 0.1) is 17.0 Å². The van der Waals surface area contributed by atoms with Crippen LogP contribution in [0.5, 0.6) is 5.75 Å². The first-order valence-corrected chi connectivity index (χ1v) is 6.26. The van der Waals surface area contributed by atoms with Crippen LogP contribution in [0.15, 0.2) is 29.4 Å². The van der Waals surface area contributed by atoms with E-state index in [1.165, 1.54) is 11.8 Å². The van der Waals surface area contributed by atoms with Crippen LogP contribution in [0.25, 0.3) is 5.69 Å². The van der Waals surface area contributed by atoms with E-state index in [1.807, 2.05) is 6.92 Å². The van der Waals surface area contributed by atoms with Crippen molar-refractivity contribution < 1.29 is 5.11 Å². The maximum Gasteiger partial charge on any atom is 0.215 e. The Kier molecular flexibility index (Phi) is 3.79. The van der Waals surface area contributed by atoms with Crippen molar-refractivity contribution in [2.75, 3.05) is 0 Å². The summed E-state index contributed by atoms with van der Waals surface area (Å²) >= 11 is 1.32. The van der Waals surface area contributed by atoms with Crippen LogP contribution in [0, 0.1) is 11.3 Å². The fourth-order valence-electron chi connectivity index (χ4n) is 1.34. The number of phenolic OH excluding ortho intramolecular Hbond substituents is 1. The minimum absolute atomic E-state index is 0.174. The van der Waals surface area contributed by atoms with Crippen molar-refractivity contribution in [2.45, 2.75) is 23.8 Å².